The average molecular weight is 793 g/mol. The van der Waals surface area contributed by atoms with Crippen molar-refractivity contribution in [2.75, 3.05) is 50.9 Å². The van der Waals surface area contributed by atoms with Crippen molar-refractivity contribution in [3.63, 3.8) is 0 Å². The van der Waals surface area contributed by atoms with Gasteiger partial charge in [0, 0.05) is 67.8 Å². The van der Waals surface area contributed by atoms with Crippen LogP contribution in [0.3, 0.4) is 0 Å². The maximum absolute atomic E-state index is 13.9. The monoisotopic (exact) mass is 792 g/mol. The molecular weight excluding hydrogens is 745 g/mol. The molecule has 0 saturated carbocycles. The number of sulfonamides is 1. The van der Waals surface area contributed by atoms with E-state index in [0.717, 1.165) is 11.1 Å². The Kier molecular flexibility index (Phi) is 11.5. The van der Waals surface area contributed by atoms with Gasteiger partial charge in [-0.3, -0.25) is 9.10 Å². The average Bonchev–Trinajstić information content (AvgIpc) is 3.17. The zero-order valence-electron chi connectivity index (χ0n) is 31.6. The molecule has 16 nitrogen and oxygen atoms in total. The molecule has 0 radical (unpaired) electrons. The highest BCUT2D eigenvalue weighted by Crippen LogP contribution is 2.30. The van der Waals surface area contributed by atoms with Crippen LogP contribution in [-0.2, 0) is 16.6 Å². The fourth-order valence-electron chi connectivity index (χ4n) is 7.12. The SMILES string of the molecule is Cc1ccc(S(=O)(=O)N(Cc2ccccc2)c2ccc(NC(=O)c3ccc(Nc4nc(N5C[C@H](N)C[C@H](N)C5)nc(N5C[C@H](N)C[C@H](N)C5)n4)cc3O)cc2)cc1. The van der Waals surface area contributed by atoms with Gasteiger partial charge in [-0.2, -0.15) is 15.0 Å². The number of benzene rings is 4. The third-order valence-corrected chi connectivity index (χ3v) is 11.7. The second-order valence-corrected chi connectivity index (χ2v) is 16.6. The van der Waals surface area contributed by atoms with Gasteiger partial charge in [-0.15, -0.1) is 0 Å². The Morgan fingerprint density at radius 1 is 0.754 bits per heavy atom. The van der Waals surface area contributed by atoms with Crippen molar-refractivity contribution < 1.29 is 18.3 Å². The Hall–Kier alpha value is -5.85. The Morgan fingerprint density at radius 2 is 1.30 bits per heavy atom. The lowest BCUT2D eigenvalue weighted by Crippen LogP contribution is -2.54. The van der Waals surface area contributed by atoms with Crippen LogP contribution in [0, 0.1) is 6.92 Å². The summed E-state index contributed by atoms with van der Waals surface area (Å²) in [6.07, 6.45) is 1.37. The number of hydrogen-bond donors (Lipinski definition) is 7. The third kappa shape index (κ3) is 9.41. The number of carbonyl (C=O) groups excluding carboxylic acids is 1. The first kappa shape index (κ1) is 39.4. The minimum atomic E-state index is -3.94. The molecule has 0 unspecified atom stereocenters. The number of hydrogen-bond acceptors (Lipinski definition) is 14. The lowest BCUT2D eigenvalue weighted by atomic mass is 10.0. The summed E-state index contributed by atoms with van der Waals surface area (Å²) in [5.41, 5.74) is 28.1. The highest BCUT2D eigenvalue weighted by molar-refractivity contribution is 7.92. The smallest absolute Gasteiger partial charge is 0.264 e. The molecule has 298 valence electrons. The lowest BCUT2D eigenvalue weighted by Gasteiger charge is -2.37. The molecule has 11 N–H and O–H groups in total. The number of piperidine rings is 2. The molecule has 2 aliphatic heterocycles. The van der Waals surface area contributed by atoms with Gasteiger partial charge in [-0.25, -0.2) is 8.42 Å². The summed E-state index contributed by atoms with van der Waals surface area (Å²) in [5.74, 6) is 0.132. The van der Waals surface area contributed by atoms with E-state index in [1.165, 1.54) is 16.4 Å². The molecule has 0 spiro atoms. The predicted molar refractivity (Wildman–Crippen MR) is 222 cm³/mol. The summed E-state index contributed by atoms with van der Waals surface area (Å²) >= 11 is 0. The molecule has 2 aliphatic rings. The van der Waals surface area contributed by atoms with E-state index >= 15 is 0 Å². The number of carbonyl (C=O) groups is 1. The number of phenols is 1. The molecular formula is C40H48N12O4S. The maximum Gasteiger partial charge on any atom is 0.264 e. The first-order valence-electron chi connectivity index (χ1n) is 18.7. The first-order valence-corrected chi connectivity index (χ1v) is 20.2. The standard InChI is InChI=1S/C40H48N12O4S/c1-25-7-14-34(15-8-25)57(55,56)52(20-26-5-3-2-4-6-26)33-12-9-31(10-13-33)45-37(54)35-16-11-32(19-36(35)53)46-38-47-39(50-21-27(41)17-28(42)22-50)49-40(48-38)51-23-29(43)18-30(44)24-51/h2-16,19,27-30,53H,17-18,20-24,41-44H2,1H3,(H,45,54)(H,46,47,48,49)/t27-,28+,29-,30+. The van der Waals surface area contributed by atoms with Crippen LogP contribution >= 0.6 is 0 Å². The number of aryl methyl sites for hydroxylation is 1. The second kappa shape index (κ2) is 16.7. The number of rotatable bonds is 11. The highest BCUT2D eigenvalue weighted by Gasteiger charge is 2.29. The molecule has 2 fully saturated rings. The van der Waals surface area contributed by atoms with Crippen LogP contribution in [-0.4, -0.2) is 84.7 Å². The van der Waals surface area contributed by atoms with Gasteiger partial charge in [0.25, 0.3) is 15.9 Å². The quantitative estimate of drug-likeness (QED) is 0.102. The van der Waals surface area contributed by atoms with Crippen LogP contribution in [0.25, 0.3) is 0 Å². The summed E-state index contributed by atoms with van der Waals surface area (Å²) in [4.78, 5) is 31.5. The fourth-order valence-corrected chi connectivity index (χ4v) is 8.57. The zero-order valence-corrected chi connectivity index (χ0v) is 32.4. The Balaban J connectivity index is 1.08. The van der Waals surface area contributed by atoms with E-state index in [-0.39, 0.29) is 52.9 Å². The molecule has 3 heterocycles. The molecule has 7 rings (SSSR count). The van der Waals surface area contributed by atoms with E-state index in [9.17, 15) is 18.3 Å². The summed E-state index contributed by atoms with van der Waals surface area (Å²) in [5, 5.41) is 17.0. The number of aromatic hydroxyl groups is 1. The largest absolute Gasteiger partial charge is 0.507 e. The molecule has 57 heavy (non-hydrogen) atoms. The summed E-state index contributed by atoms with van der Waals surface area (Å²) in [7, 11) is -3.94. The van der Waals surface area contributed by atoms with E-state index in [1.54, 1.807) is 54.6 Å². The highest BCUT2D eigenvalue weighted by atomic mass is 32.2. The van der Waals surface area contributed by atoms with Gasteiger partial charge in [0.05, 0.1) is 22.7 Å². The van der Waals surface area contributed by atoms with Gasteiger partial charge in [0.1, 0.15) is 5.75 Å². The molecule has 17 heteroatoms. The van der Waals surface area contributed by atoms with Crippen molar-refractivity contribution in [3.05, 3.63) is 114 Å². The predicted octanol–water partition coefficient (Wildman–Crippen LogP) is 3.01. The van der Waals surface area contributed by atoms with Crippen molar-refractivity contribution in [2.24, 2.45) is 22.9 Å². The van der Waals surface area contributed by atoms with Gasteiger partial charge in [0.2, 0.25) is 17.8 Å². The Labute approximate surface area is 332 Å². The molecule has 1 aromatic heterocycles. The summed E-state index contributed by atoms with van der Waals surface area (Å²) in [6, 6.07) is 26.4. The van der Waals surface area contributed by atoms with Crippen molar-refractivity contribution in [1.82, 2.24) is 15.0 Å². The van der Waals surface area contributed by atoms with E-state index in [1.807, 2.05) is 47.1 Å². The van der Waals surface area contributed by atoms with Crippen molar-refractivity contribution >= 4 is 50.8 Å². The number of anilines is 6. The normalized spacial score (nSPS) is 19.9. The van der Waals surface area contributed by atoms with Gasteiger partial charge in [-0.1, -0.05) is 48.0 Å². The number of nitrogens with one attached hydrogen (secondary N) is 2. The van der Waals surface area contributed by atoms with Gasteiger partial charge in [-0.05, 0) is 73.9 Å². The van der Waals surface area contributed by atoms with Crippen molar-refractivity contribution in [3.8, 4) is 5.75 Å². The van der Waals surface area contributed by atoms with E-state index in [0.29, 0.717) is 68.0 Å². The van der Waals surface area contributed by atoms with Crippen LogP contribution in [0.2, 0.25) is 0 Å². The maximum atomic E-state index is 13.9. The number of aromatic nitrogens is 3. The Morgan fingerprint density at radius 3 is 1.84 bits per heavy atom. The molecule has 0 bridgehead atoms. The number of amides is 1. The van der Waals surface area contributed by atoms with E-state index in [2.05, 4.69) is 20.6 Å². The summed E-state index contributed by atoms with van der Waals surface area (Å²) < 4.78 is 29.1. The Bertz CT molecular complexity index is 2230. The zero-order chi connectivity index (χ0) is 40.3. The van der Waals surface area contributed by atoms with Crippen LogP contribution in [0.5, 0.6) is 5.75 Å². The fraction of sp³-hybridized carbons (Fsp3) is 0.300. The summed E-state index contributed by atoms with van der Waals surface area (Å²) in [6.45, 7) is 4.06. The topological polar surface area (TPSA) is 248 Å². The van der Waals surface area contributed by atoms with Crippen LogP contribution in [0.15, 0.2) is 102 Å². The lowest BCUT2D eigenvalue weighted by molar-refractivity contribution is 0.102. The molecule has 2 saturated heterocycles. The van der Waals surface area contributed by atoms with Gasteiger partial charge in [0.15, 0.2) is 0 Å². The number of nitrogens with zero attached hydrogens (tertiary/aromatic N) is 6. The minimum Gasteiger partial charge on any atom is -0.507 e. The minimum absolute atomic E-state index is 0.0156. The van der Waals surface area contributed by atoms with Gasteiger partial charge >= 0.3 is 0 Å². The third-order valence-electron chi connectivity index (χ3n) is 9.90. The van der Waals surface area contributed by atoms with Gasteiger partial charge < -0.3 is 48.5 Å². The molecule has 4 aromatic carbocycles. The number of phenolic OH excluding ortho intramolecular Hbond substituents is 1. The molecule has 0 aliphatic carbocycles. The van der Waals surface area contributed by atoms with E-state index in [4.69, 9.17) is 27.9 Å². The molecule has 5 aromatic rings. The first-order chi connectivity index (χ1) is 27.3. The molecule has 4 atom stereocenters. The second-order valence-electron chi connectivity index (χ2n) is 14.7. The van der Waals surface area contributed by atoms with Crippen molar-refractivity contribution in [2.45, 2.75) is 55.4 Å². The van der Waals surface area contributed by atoms with Crippen LogP contribution in [0.4, 0.5) is 34.9 Å². The van der Waals surface area contributed by atoms with Crippen LogP contribution in [0.1, 0.15) is 34.3 Å². The number of nitrogens with two attached hydrogens (primary N) is 4. The van der Waals surface area contributed by atoms with Crippen LogP contribution < -0.4 is 47.7 Å². The van der Waals surface area contributed by atoms with E-state index < -0.39 is 15.9 Å². The molecule has 1 amide bonds. The van der Waals surface area contributed by atoms with Crippen molar-refractivity contribution in [1.29, 1.82) is 0 Å².